The minimum atomic E-state index is 0.653. The van der Waals surface area contributed by atoms with Gasteiger partial charge in [0, 0.05) is 25.8 Å². The van der Waals surface area contributed by atoms with E-state index in [1.165, 1.54) is 31.4 Å². The van der Waals surface area contributed by atoms with Crippen molar-refractivity contribution in [2.45, 2.75) is 45.2 Å². The van der Waals surface area contributed by atoms with Crippen molar-refractivity contribution < 1.29 is 0 Å². The van der Waals surface area contributed by atoms with Crippen LogP contribution in [0.3, 0.4) is 0 Å². The van der Waals surface area contributed by atoms with Crippen LogP contribution in [0.2, 0.25) is 0 Å². The summed E-state index contributed by atoms with van der Waals surface area (Å²) in [6, 6.07) is 6.86. The molecule has 3 rings (SSSR count). The fourth-order valence-corrected chi connectivity index (χ4v) is 3.19. The van der Waals surface area contributed by atoms with Crippen LogP contribution in [0.4, 0.5) is 5.82 Å². The van der Waals surface area contributed by atoms with Crippen LogP contribution in [-0.2, 0) is 6.54 Å². The molecule has 1 fully saturated rings. The zero-order valence-corrected chi connectivity index (χ0v) is 12.5. The summed E-state index contributed by atoms with van der Waals surface area (Å²) >= 11 is 0. The molecule has 0 amide bonds. The van der Waals surface area contributed by atoms with Crippen LogP contribution in [0.25, 0.3) is 5.65 Å². The summed E-state index contributed by atoms with van der Waals surface area (Å²) in [7, 11) is 2.20. The highest BCUT2D eigenvalue weighted by Crippen LogP contribution is 2.29. The van der Waals surface area contributed by atoms with E-state index in [0.29, 0.717) is 6.04 Å². The third-order valence-corrected chi connectivity index (χ3v) is 4.36. The second-order valence-electron chi connectivity index (χ2n) is 5.64. The predicted molar refractivity (Wildman–Crippen MR) is 83.2 cm³/mol. The lowest BCUT2D eigenvalue weighted by molar-refractivity contribution is 0.637. The second kappa shape index (κ2) is 5.83. The van der Waals surface area contributed by atoms with Crippen LogP contribution < -0.4 is 10.2 Å². The minimum Gasteiger partial charge on any atom is -0.355 e. The van der Waals surface area contributed by atoms with Gasteiger partial charge in [0.25, 0.3) is 0 Å². The van der Waals surface area contributed by atoms with Gasteiger partial charge in [-0.1, -0.05) is 25.8 Å². The van der Waals surface area contributed by atoms with Gasteiger partial charge >= 0.3 is 0 Å². The summed E-state index contributed by atoms with van der Waals surface area (Å²) in [5.74, 6) is 1.14. The van der Waals surface area contributed by atoms with Crippen molar-refractivity contribution in [2.75, 3.05) is 18.5 Å². The van der Waals surface area contributed by atoms with Crippen LogP contribution in [0, 0.1) is 0 Å². The molecule has 0 atom stereocenters. The summed E-state index contributed by atoms with van der Waals surface area (Å²) in [5.41, 5.74) is 2.32. The molecule has 0 aliphatic heterocycles. The number of nitrogens with one attached hydrogen (secondary N) is 1. The predicted octanol–water partition coefficient (Wildman–Crippen LogP) is 2.82. The summed E-state index contributed by atoms with van der Waals surface area (Å²) in [4.78, 5) is 7.25. The van der Waals surface area contributed by atoms with E-state index < -0.39 is 0 Å². The highest BCUT2D eigenvalue weighted by molar-refractivity contribution is 5.56. The lowest BCUT2D eigenvalue weighted by Crippen LogP contribution is -2.30. The van der Waals surface area contributed by atoms with Gasteiger partial charge in [-0.25, -0.2) is 4.98 Å². The van der Waals surface area contributed by atoms with Gasteiger partial charge in [0.2, 0.25) is 0 Å². The van der Waals surface area contributed by atoms with Gasteiger partial charge in [0.05, 0.1) is 5.69 Å². The van der Waals surface area contributed by atoms with Gasteiger partial charge < -0.3 is 14.6 Å². The molecule has 1 saturated carbocycles. The zero-order valence-electron chi connectivity index (χ0n) is 12.5. The summed E-state index contributed by atoms with van der Waals surface area (Å²) in [6.45, 7) is 3.99. The molecule has 2 aromatic rings. The van der Waals surface area contributed by atoms with Crippen molar-refractivity contribution in [1.29, 1.82) is 0 Å². The number of hydrogen-bond donors (Lipinski definition) is 1. The van der Waals surface area contributed by atoms with Crippen LogP contribution in [0.5, 0.6) is 0 Å². The summed E-state index contributed by atoms with van der Waals surface area (Å²) in [6.07, 6.45) is 7.41. The topological polar surface area (TPSA) is 32.6 Å². The maximum Gasteiger partial charge on any atom is 0.152 e. The van der Waals surface area contributed by atoms with Crippen LogP contribution in [0.1, 0.15) is 38.3 Å². The number of anilines is 1. The number of hydrogen-bond acceptors (Lipinski definition) is 3. The Morgan fingerprint density at radius 3 is 2.90 bits per heavy atom. The Morgan fingerprint density at radius 1 is 1.35 bits per heavy atom. The Balaban J connectivity index is 1.99. The van der Waals surface area contributed by atoms with Gasteiger partial charge in [-0.2, -0.15) is 0 Å². The molecule has 4 nitrogen and oxygen atoms in total. The van der Waals surface area contributed by atoms with Crippen molar-refractivity contribution in [2.24, 2.45) is 0 Å². The number of imidazole rings is 1. The molecule has 1 aliphatic rings. The Hall–Kier alpha value is -1.55. The zero-order chi connectivity index (χ0) is 13.9. The Morgan fingerprint density at radius 2 is 2.15 bits per heavy atom. The largest absolute Gasteiger partial charge is 0.355 e. The van der Waals surface area contributed by atoms with Crippen molar-refractivity contribution in [3.8, 4) is 0 Å². The molecule has 0 radical (unpaired) electrons. The lowest BCUT2D eigenvalue weighted by atomic mass is 10.2. The molecule has 0 spiro atoms. The Labute approximate surface area is 120 Å². The maximum absolute atomic E-state index is 4.86. The van der Waals surface area contributed by atoms with E-state index in [1.807, 2.05) is 0 Å². The highest BCUT2D eigenvalue weighted by Gasteiger charge is 2.24. The van der Waals surface area contributed by atoms with E-state index in [4.69, 9.17) is 4.98 Å². The van der Waals surface area contributed by atoms with E-state index in [2.05, 4.69) is 53.0 Å². The molecule has 20 heavy (non-hydrogen) atoms. The quantitative estimate of drug-likeness (QED) is 0.908. The molecule has 4 heteroatoms. The summed E-state index contributed by atoms with van der Waals surface area (Å²) < 4.78 is 2.21. The average Bonchev–Trinajstić information content (AvgIpc) is 3.12. The third-order valence-electron chi connectivity index (χ3n) is 4.36. The Kier molecular flexibility index (Phi) is 3.92. The molecule has 2 heterocycles. The highest BCUT2D eigenvalue weighted by atomic mass is 15.2. The number of nitrogens with zero attached hydrogens (tertiary/aromatic N) is 3. The van der Waals surface area contributed by atoms with E-state index in [-0.39, 0.29) is 0 Å². The molecule has 2 aromatic heterocycles. The first-order chi connectivity index (χ1) is 9.81. The normalized spacial score (nSPS) is 16.1. The number of pyridine rings is 1. The minimum absolute atomic E-state index is 0.653. The molecule has 0 bridgehead atoms. The first-order valence-corrected chi connectivity index (χ1v) is 7.70. The first kappa shape index (κ1) is 13.4. The van der Waals surface area contributed by atoms with Gasteiger partial charge in [-0.05, 0) is 31.5 Å². The van der Waals surface area contributed by atoms with Gasteiger partial charge in [0.15, 0.2) is 5.82 Å². The van der Waals surface area contributed by atoms with E-state index in [9.17, 15) is 0 Å². The molecule has 1 aliphatic carbocycles. The molecular weight excluding hydrogens is 248 g/mol. The van der Waals surface area contributed by atoms with Gasteiger partial charge in [-0.3, -0.25) is 0 Å². The molecular formula is C16H24N4. The van der Waals surface area contributed by atoms with Crippen LogP contribution in [0.15, 0.2) is 24.4 Å². The fourth-order valence-electron chi connectivity index (χ4n) is 3.19. The fraction of sp³-hybridized carbons (Fsp3) is 0.562. The third kappa shape index (κ3) is 2.40. The van der Waals surface area contributed by atoms with E-state index in [0.717, 1.165) is 24.6 Å². The first-order valence-electron chi connectivity index (χ1n) is 7.70. The molecule has 1 N–H and O–H groups in total. The lowest BCUT2D eigenvalue weighted by Gasteiger charge is -2.25. The standard InChI is InChI=1S/C16H24N4/c1-3-17-12-14-16(19(2)13-8-4-5-9-13)18-15-10-6-7-11-20(14)15/h6-7,10-11,13,17H,3-5,8-9,12H2,1-2H3. The number of rotatable bonds is 5. The smallest absolute Gasteiger partial charge is 0.152 e. The second-order valence-corrected chi connectivity index (χ2v) is 5.64. The average molecular weight is 272 g/mol. The van der Waals surface area contributed by atoms with E-state index in [1.54, 1.807) is 0 Å². The van der Waals surface area contributed by atoms with Crippen LogP contribution in [-0.4, -0.2) is 29.0 Å². The number of aromatic nitrogens is 2. The van der Waals surface area contributed by atoms with Gasteiger partial charge in [-0.15, -0.1) is 0 Å². The Bertz CT molecular complexity index is 569. The number of fused-ring (bicyclic) bond motifs is 1. The SMILES string of the molecule is CCNCc1c(N(C)C2CCCC2)nc2ccccn12. The van der Waals surface area contributed by atoms with Gasteiger partial charge in [0.1, 0.15) is 5.65 Å². The molecule has 0 aromatic carbocycles. The van der Waals surface area contributed by atoms with E-state index >= 15 is 0 Å². The van der Waals surface area contributed by atoms with Crippen molar-refractivity contribution in [3.63, 3.8) is 0 Å². The molecule has 0 unspecified atom stereocenters. The molecule has 0 saturated heterocycles. The van der Waals surface area contributed by atoms with Crippen molar-refractivity contribution in [1.82, 2.24) is 14.7 Å². The van der Waals surface area contributed by atoms with Crippen molar-refractivity contribution in [3.05, 3.63) is 30.1 Å². The van der Waals surface area contributed by atoms with Crippen molar-refractivity contribution >= 4 is 11.5 Å². The summed E-state index contributed by atoms with van der Waals surface area (Å²) in [5, 5.41) is 3.44. The monoisotopic (exact) mass is 272 g/mol. The van der Waals surface area contributed by atoms with Crippen LogP contribution >= 0.6 is 0 Å². The maximum atomic E-state index is 4.86. The molecule has 108 valence electrons.